The van der Waals surface area contributed by atoms with E-state index in [0.29, 0.717) is 6.61 Å². The van der Waals surface area contributed by atoms with Crippen molar-refractivity contribution in [2.75, 3.05) is 43.0 Å². The van der Waals surface area contributed by atoms with E-state index in [2.05, 4.69) is 85.3 Å². The van der Waals surface area contributed by atoms with Gasteiger partial charge in [0.05, 0.1) is 12.3 Å². The van der Waals surface area contributed by atoms with Gasteiger partial charge in [0, 0.05) is 54.2 Å². The number of aliphatic imine (C=N–C) groups is 1. The monoisotopic (exact) mass is 545 g/mol. The van der Waals surface area contributed by atoms with E-state index in [-0.39, 0.29) is 24.8 Å². The van der Waals surface area contributed by atoms with E-state index >= 15 is 0 Å². The number of likely N-dealkylation sites (N-methyl/N-ethyl adjacent to an activating group) is 1. The Hall–Kier alpha value is -2.66. The van der Waals surface area contributed by atoms with Gasteiger partial charge in [-0.15, -0.1) is 24.8 Å². The van der Waals surface area contributed by atoms with Gasteiger partial charge in [0.25, 0.3) is 0 Å². The van der Waals surface area contributed by atoms with Gasteiger partial charge < -0.3 is 14.5 Å². The molecule has 36 heavy (non-hydrogen) atoms. The molecular formula is C29H34Cl3N3O. The van der Waals surface area contributed by atoms with E-state index < -0.39 is 0 Å². The number of fused-ring (bicyclic) bond motifs is 1. The molecule has 0 amide bonds. The van der Waals surface area contributed by atoms with E-state index in [0.717, 1.165) is 59.4 Å². The number of hydrogen-bond acceptors (Lipinski definition) is 4. The standard InChI is InChI=1S/C29H32ClN3O.2ClH/c1-4-33(5-2)25-15-17-29(34-21-22-10-13-24(30)14-11-22)23(20-25)12-16-27-26-8-6-7-9-28(26)32(3)19-18-31-27;;/h6-17,20H,4-5,18-19,21H2,1-3H3;2*1H/b16-12+;;. The average molecular weight is 547 g/mol. The van der Waals surface area contributed by atoms with E-state index in [9.17, 15) is 0 Å². The van der Waals surface area contributed by atoms with Crippen molar-refractivity contribution in [1.29, 1.82) is 0 Å². The third-order valence-electron chi connectivity index (χ3n) is 6.16. The highest BCUT2D eigenvalue weighted by atomic mass is 35.5. The molecule has 0 bridgehead atoms. The maximum absolute atomic E-state index is 6.26. The fourth-order valence-corrected chi connectivity index (χ4v) is 4.31. The van der Waals surface area contributed by atoms with Crippen LogP contribution in [0.4, 0.5) is 11.4 Å². The van der Waals surface area contributed by atoms with E-state index in [1.54, 1.807) is 0 Å². The number of nitrogens with zero attached hydrogens (tertiary/aromatic N) is 3. The predicted molar refractivity (Wildman–Crippen MR) is 160 cm³/mol. The Kier molecular flexibility index (Phi) is 11.6. The lowest BCUT2D eigenvalue weighted by Gasteiger charge is -2.22. The summed E-state index contributed by atoms with van der Waals surface area (Å²) in [6.45, 7) is 8.42. The molecule has 192 valence electrons. The van der Waals surface area contributed by atoms with Crippen molar-refractivity contribution in [2.24, 2.45) is 4.99 Å². The van der Waals surface area contributed by atoms with Gasteiger partial charge in [0.15, 0.2) is 0 Å². The van der Waals surface area contributed by atoms with Gasteiger partial charge in [0.1, 0.15) is 12.4 Å². The van der Waals surface area contributed by atoms with Crippen molar-refractivity contribution < 1.29 is 4.74 Å². The smallest absolute Gasteiger partial charge is 0.127 e. The minimum absolute atomic E-state index is 0. The molecule has 0 saturated heterocycles. The highest BCUT2D eigenvalue weighted by Crippen LogP contribution is 2.29. The van der Waals surface area contributed by atoms with Crippen molar-refractivity contribution in [2.45, 2.75) is 20.5 Å². The number of allylic oxidation sites excluding steroid dienone is 1. The van der Waals surface area contributed by atoms with Crippen LogP contribution in [0, 0.1) is 0 Å². The molecule has 1 aliphatic heterocycles. The van der Waals surface area contributed by atoms with Gasteiger partial charge in [0.2, 0.25) is 0 Å². The zero-order valence-corrected chi connectivity index (χ0v) is 23.4. The molecule has 0 radical (unpaired) electrons. The highest BCUT2D eigenvalue weighted by molar-refractivity contribution is 6.30. The third kappa shape index (κ3) is 7.19. The molecule has 1 heterocycles. The summed E-state index contributed by atoms with van der Waals surface area (Å²) < 4.78 is 6.26. The van der Waals surface area contributed by atoms with Crippen LogP contribution < -0.4 is 14.5 Å². The molecule has 7 heteroatoms. The SMILES string of the molecule is CCN(CC)c1ccc(OCc2ccc(Cl)cc2)c(/C=C/C2=NCCN(C)c3ccccc32)c1.Cl.Cl. The van der Waals surface area contributed by atoms with Crippen LogP contribution in [0.15, 0.2) is 77.8 Å². The molecule has 3 aromatic rings. The number of para-hydroxylation sites is 1. The van der Waals surface area contributed by atoms with Crippen molar-refractivity contribution in [3.63, 3.8) is 0 Å². The van der Waals surface area contributed by atoms with E-state index in [4.69, 9.17) is 21.3 Å². The Balaban J connectivity index is 0.00000228. The first-order chi connectivity index (χ1) is 16.6. The Morgan fingerprint density at radius 3 is 2.42 bits per heavy atom. The molecule has 0 saturated carbocycles. The highest BCUT2D eigenvalue weighted by Gasteiger charge is 2.14. The Labute approximate surface area is 232 Å². The maximum atomic E-state index is 6.26. The third-order valence-corrected chi connectivity index (χ3v) is 6.41. The molecule has 1 aliphatic rings. The molecule has 0 N–H and O–H groups in total. The van der Waals surface area contributed by atoms with Crippen LogP contribution in [0.2, 0.25) is 5.02 Å². The number of rotatable bonds is 8. The second-order valence-corrected chi connectivity index (χ2v) is 8.78. The topological polar surface area (TPSA) is 28.1 Å². The molecule has 4 nitrogen and oxygen atoms in total. The quantitative estimate of drug-likeness (QED) is 0.292. The number of anilines is 2. The first kappa shape index (κ1) is 29.6. The summed E-state index contributed by atoms with van der Waals surface area (Å²) in [5.41, 5.74) is 6.67. The van der Waals surface area contributed by atoms with Crippen LogP contribution in [-0.4, -0.2) is 38.9 Å². The lowest BCUT2D eigenvalue weighted by molar-refractivity contribution is 0.305. The summed E-state index contributed by atoms with van der Waals surface area (Å²) in [4.78, 5) is 9.48. The molecule has 0 atom stereocenters. The number of halogens is 3. The van der Waals surface area contributed by atoms with Gasteiger partial charge in [-0.05, 0) is 68.0 Å². The summed E-state index contributed by atoms with van der Waals surface area (Å²) in [6, 6.07) is 22.6. The maximum Gasteiger partial charge on any atom is 0.127 e. The summed E-state index contributed by atoms with van der Waals surface area (Å²) in [5.74, 6) is 0.849. The van der Waals surface area contributed by atoms with E-state index in [1.807, 2.05) is 24.3 Å². The molecular weight excluding hydrogens is 513 g/mol. The van der Waals surface area contributed by atoms with Gasteiger partial charge >= 0.3 is 0 Å². The first-order valence-electron chi connectivity index (χ1n) is 11.9. The Morgan fingerprint density at radius 2 is 1.69 bits per heavy atom. The van der Waals surface area contributed by atoms with Gasteiger partial charge in [-0.3, -0.25) is 4.99 Å². The number of hydrogen-bond donors (Lipinski definition) is 0. The lowest BCUT2D eigenvalue weighted by atomic mass is 10.0. The van der Waals surface area contributed by atoms with Crippen LogP contribution in [0.3, 0.4) is 0 Å². The molecule has 0 aromatic heterocycles. The molecule has 4 rings (SSSR count). The zero-order chi connectivity index (χ0) is 23.9. The van der Waals surface area contributed by atoms with Crippen LogP contribution in [0.25, 0.3) is 6.08 Å². The average Bonchev–Trinajstić information content (AvgIpc) is 3.02. The summed E-state index contributed by atoms with van der Waals surface area (Å²) >= 11 is 6.03. The zero-order valence-electron chi connectivity index (χ0n) is 21.0. The summed E-state index contributed by atoms with van der Waals surface area (Å²) in [6.07, 6.45) is 4.25. The first-order valence-corrected chi connectivity index (χ1v) is 12.3. The van der Waals surface area contributed by atoms with Crippen LogP contribution in [0.5, 0.6) is 5.75 Å². The van der Waals surface area contributed by atoms with Crippen molar-refractivity contribution >= 4 is 59.6 Å². The fraction of sp³-hybridized carbons (Fsp3) is 0.276. The molecule has 0 fully saturated rings. The Bertz CT molecular complexity index is 1170. The Morgan fingerprint density at radius 1 is 0.972 bits per heavy atom. The largest absolute Gasteiger partial charge is 0.488 e. The second-order valence-electron chi connectivity index (χ2n) is 8.35. The second kappa shape index (κ2) is 14.2. The number of benzodiazepines with no additional fused rings is 1. The molecule has 0 aliphatic carbocycles. The number of benzene rings is 3. The molecule has 3 aromatic carbocycles. The normalized spacial score (nSPS) is 12.7. The fourth-order valence-electron chi connectivity index (χ4n) is 4.19. The van der Waals surface area contributed by atoms with E-state index in [1.165, 1.54) is 11.4 Å². The predicted octanol–water partition coefficient (Wildman–Crippen LogP) is 7.56. The summed E-state index contributed by atoms with van der Waals surface area (Å²) in [5, 5.41) is 0.728. The molecule has 0 unspecified atom stereocenters. The van der Waals surface area contributed by atoms with Crippen molar-refractivity contribution in [3.8, 4) is 5.75 Å². The van der Waals surface area contributed by atoms with Gasteiger partial charge in [-0.25, -0.2) is 0 Å². The van der Waals surface area contributed by atoms with Crippen LogP contribution in [0.1, 0.15) is 30.5 Å². The minimum atomic E-state index is 0. The lowest BCUT2D eigenvalue weighted by Crippen LogP contribution is -2.21. The minimum Gasteiger partial charge on any atom is -0.488 e. The van der Waals surface area contributed by atoms with Crippen molar-refractivity contribution in [1.82, 2.24) is 0 Å². The van der Waals surface area contributed by atoms with Crippen LogP contribution in [-0.2, 0) is 6.61 Å². The van der Waals surface area contributed by atoms with Gasteiger partial charge in [-0.1, -0.05) is 41.9 Å². The van der Waals surface area contributed by atoms with Crippen molar-refractivity contribution in [3.05, 3.63) is 94.5 Å². The summed E-state index contributed by atoms with van der Waals surface area (Å²) in [7, 11) is 2.12. The number of ether oxygens (including phenoxy) is 1. The van der Waals surface area contributed by atoms with Gasteiger partial charge in [-0.2, -0.15) is 0 Å². The molecule has 0 spiro atoms. The van der Waals surface area contributed by atoms with Crippen LogP contribution >= 0.6 is 36.4 Å².